The maximum absolute atomic E-state index is 13.1. The van der Waals surface area contributed by atoms with Gasteiger partial charge in [0.05, 0.1) is 11.6 Å². The number of carbonyl (C=O) groups excluding carboxylic acids is 3. The van der Waals surface area contributed by atoms with Crippen LogP contribution in [0.1, 0.15) is 51.3 Å². The number of benzene rings is 2. The van der Waals surface area contributed by atoms with Gasteiger partial charge in [-0.15, -0.1) is 0 Å². The molecule has 2 aromatic carbocycles. The average molecular weight is 421 g/mol. The Morgan fingerprint density at radius 3 is 2.39 bits per heavy atom. The van der Waals surface area contributed by atoms with Gasteiger partial charge in [0.25, 0.3) is 5.91 Å². The van der Waals surface area contributed by atoms with E-state index in [4.69, 9.17) is 4.74 Å². The first-order chi connectivity index (χ1) is 14.7. The number of aryl methyl sites for hydroxylation is 1. The number of rotatable bonds is 7. The maximum atomic E-state index is 13.1. The Morgan fingerprint density at radius 1 is 1.13 bits per heavy atom. The molecule has 6 heteroatoms. The van der Waals surface area contributed by atoms with Crippen molar-refractivity contribution in [3.8, 4) is 5.75 Å². The van der Waals surface area contributed by atoms with Crippen LogP contribution in [0, 0.1) is 5.92 Å². The van der Waals surface area contributed by atoms with Crippen molar-refractivity contribution >= 4 is 23.3 Å². The number of hydrogen-bond donors (Lipinski definition) is 1. The summed E-state index contributed by atoms with van der Waals surface area (Å²) in [5.41, 5.74) is 2.32. The van der Waals surface area contributed by atoms with Crippen molar-refractivity contribution < 1.29 is 24.2 Å². The normalized spacial score (nSPS) is 16.2. The molecule has 1 atom stereocenters. The van der Waals surface area contributed by atoms with E-state index in [1.165, 1.54) is 11.8 Å². The summed E-state index contributed by atoms with van der Waals surface area (Å²) in [4.78, 5) is 39.0. The lowest BCUT2D eigenvalue weighted by Crippen LogP contribution is -2.31. The minimum atomic E-state index is -0.818. The van der Waals surface area contributed by atoms with E-state index in [-0.39, 0.29) is 23.7 Å². The molecule has 0 aromatic heterocycles. The first-order valence-corrected chi connectivity index (χ1v) is 10.4. The van der Waals surface area contributed by atoms with Gasteiger partial charge in [-0.1, -0.05) is 45.0 Å². The summed E-state index contributed by atoms with van der Waals surface area (Å²) in [5.74, 6) is -1.54. The third-order valence-corrected chi connectivity index (χ3v) is 5.16. The molecule has 162 valence electrons. The number of amides is 1. The molecule has 3 rings (SSSR count). The molecule has 0 saturated carbocycles. The Bertz CT molecular complexity index is 1040. The Balaban J connectivity index is 2.13. The zero-order chi connectivity index (χ0) is 22.7. The van der Waals surface area contributed by atoms with Gasteiger partial charge in [0.15, 0.2) is 11.5 Å². The molecule has 6 nitrogen and oxygen atoms in total. The predicted octanol–water partition coefficient (Wildman–Crippen LogP) is 4.69. The fourth-order valence-electron chi connectivity index (χ4n) is 3.76. The van der Waals surface area contributed by atoms with Crippen molar-refractivity contribution in [3.05, 3.63) is 71.0 Å². The van der Waals surface area contributed by atoms with Crippen molar-refractivity contribution in [2.75, 3.05) is 4.90 Å². The van der Waals surface area contributed by atoms with Gasteiger partial charge in [0, 0.05) is 19.0 Å². The number of ketones is 1. The summed E-state index contributed by atoms with van der Waals surface area (Å²) < 4.78 is 5.19. The van der Waals surface area contributed by atoms with Crippen molar-refractivity contribution in [1.29, 1.82) is 0 Å². The summed E-state index contributed by atoms with van der Waals surface area (Å²) in [5, 5.41) is 10.7. The zero-order valence-corrected chi connectivity index (χ0v) is 18.2. The SMILES string of the molecule is CCc1ccc(N2C(=O)C(O)=C(C(=O)CC(C)C)C2c2cccc(OC(C)=O)c2)cc1. The number of anilines is 1. The molecule has 31 heavy (non-hydrogen) atoms. The van der Waals surface area contributed by atoms with Crippen molar-refractivity contribution in [2.45, 2.75) is 46.6 Å². The number of esters is 1. The number of hydrogen-bond acceptors (Lipinski definition) is 5. The van der Waals surface area contributed by atoms with Crippen LogP contribution in [-0.4, -0.2) is 22.8 Å². The van der Waals surface area contributed by atoms with Crippen molar-refractivity contribution in [2.24, 2.45) is 5.92 Å². The van der Waals surface area contributed by atoms with E-state index in [0.29, 0.717) is 17.0 Å². The predicted molar refractivity (Wildman–Crippen MR) is 118 cm³/mol. The van der Waals surface area contributed by atoms with E-state index < -0.39 is 23.7 Å². The third kappa shape index (κ3) is 4.68. The molecule has 1 unspecified atom stereocenters. The first kappa shape index (κ1) is 22.3. The fourth-order valence-corrected chi connectivity index (χ4v) is 3.76. The molecule has 1 amide bonds. The van der Waals surface area contributed by atoms with E-state index in [1.54, 1.807) is 24.3 Å². The van der Waals surface area contributed by atoms with Gasteiger partial charge in [-0.25, -0.2) is 0 Å². The van der Waals surface area contributed by atoms with Crippen LogP contribution in [0.3, 0.4) is 0 Å². The Labute approximate surface area is 182 Å². The molecule has 0 fully saturated rings. The van der Waals surface area contributed by atoms with Crippen LogP contribution in [-0.2, 0) is 20.8 Å². The highest BCUT2D eigenvalue weighted by Crippen LogP contribution is 2.42. The highest BCUT2D eigenvalue weighted by atomic mass is 16.5. The van der Waals surface area contributed by atoms with Crippen LogP contribution >= 0.6 is 0 Å². The molecule has 1 aliphatic heterocycles. The minimum Gasteiger partial charge on any atom is -0.503 e. The van der Waals surface area contributed by atoms with Crippen molar-refractivity contribution in [1.82, 2.24) is 0 Å². The summed E-state index contributed by atoms with van der Waals surface area (Å²) in [6.45, 7) is 7.15. The summed E-state index contributed by atoms with van der Waals surface area (Å²) in [6.07, 6.45) is 1.05. The number of Topliss-reactive ketones (excluding diaryl/α,β-unsaturated/α-hetero) is 1. The number of carbonyl (C=O) groups is 3. The molecule has 1 N–H and O–H groups in total. The minimum absolute atomic E-state index is 0.0637. The van der Waals surface area contributed by atoms with Gasteiger partial charge in [0.1, 0.15) is 5.75 Å². The zero-order valence-electron chi connectivity index (χ0n) is 18.2. The third-order valence-electron chi connectivity index (χ3n) is 5.16. The van der Waals surface area contributed by atoms with Gasteiger partial charge in [-0.05, 0) is 47.7 Å². The van der Waals surface area contributed by atoms with Crippen LogP contribution in [0.4, 0.5) is 5.69 Å². The fraction of sp³-hybridized carbons (Fsp3) is 0.320. The number of aliphatic hydroxyl groups excluding tert-OH is 1. The van der Waals surface area contributed by atoms with Gasteiger partial charge >= 0.3 is 5.97 Å². The van der Waals surface area contributed by atoms with Crippen LogP contribution in [0.5, 0.6) is 5.75 Å². The van der Waals surface area contributed by atoms with Crippen LogP contribution in [0.15, 0.2) is 59.9 Å². The lowest BCUT2D eigenvalue weighted by Gasteiger charge is -2.27. The lowest BCUT2D eigenvalue weighted by atomic mass is 9.92. The van der Waals surface area contributed by atoms with Crippen LogP contribution < -0.4 is 9.64 Å². The molecular weight excluding hydrogens is 394 g/mol. The monoisotopic (exact) mass is 421 g/mol. The Hall–Kier alpha value is -3.41. The van der Waals surface area contributed by atoms with Gasteiger partial charge in [-0.3, -0.25) is 19.3 Å². The summed E-state index contributed by atoms with van der Waals surface area (Å²) in [7, 11) is 0. The highest BCUT2D eigenvalue weighted by molar-refractivity contribution is 6.16. The molecule has 0 aliphatic carbocycles. The van der Waals surface area contributed by atoms with E-state index in [2.05, 4.69) is 0 Å². The quantitative estimate of drug-likeness (QED) is 0.518. The van der Waals surface area contributed by atoms with E-state index in [0.717, 1.165) is 12.0 Å². The standard InChI is InChI=1S/C25H27NO5/c1-5-17-9-11-19(12-10-17)26-23(18-7-6-8-20(14-18)31-16(4)27)22(24(29)25(26)30)21(28)13-15(2)3/h6-12,14-15,23,29H,5,13H2,1-4H3. The smallest absolute Gasteiger partial charge is 0.308 e. The number of ether oxygens (including phenoxy) is 1. The van der Waals surface area contributed by atoms with E-state index >= 15 is 0 Å². The van der Waals surface area contributed by atoms with Gasteiger partial charge in [-0.2, -0.15) is 0 Å². The second-order valence-electron chi connectivity index (χ2n) is 8.05. The van der Waals surface area contributed by atoms with Crippen molar-refractivity contribution in [3.63, 3.8) is 0 Å². The molecule has 0 bridgehead atoms. The molecule has 0 radical (unpaired) electrons. The maximum Gasteiger partial charge on any atom is 0.308 e. The largest absolute Gasteiger partial charge is 0.503 e. The average Bonchev–Trinajstić information content (AvgIpc) is 2.98. The molecule has 1 heterocycles. The molecular formula is C25H27NO5. The second kappa shape index (κ2) is 9.16. The van der Waals surface area contributed by atoms with E-state index in [1.807, 2.05) is 45.0 Å². The first-order valence-electron chi connectivity index (χ1n) is 10.4. The highest BCUT2D eigenvalue weighted by Gasteiger charge is 2.44. The molecule has 0 saturated heterocycles. The van der Waals surface area contributed by atoms with Gasteiger partial charge < -0.3 is 9.84 Å². The Morgan fingerprint density at radius 2 is 1.81 bits per heavy atom. The van der Waals surface area contributed by atoms with Gasteiger partial charge in [0.2, 0.25) is 0 Å². The molecule has 0 spiro atoms. The van der Waals surface area contributed by atoms with E-state index in [9.17, 15) is 19.5 Å². The summed E-state index contributed by atoms with van der Waals surface area (Å²) in [6, 6.07) is 13.3. The topological polar surface area (TPSA) is 83.9 Å². The number of nitrogens with zero attached hydrogens (tertiary/aromatic N) is 1. The Kier molecular flexibility index (Phi) is 6.59. The molecule has 1 aliphatic rings. The summed E-state index contributed by atoms with van der Waals surface area (Å²) >= 11 is 0. The lowest BCUT2D eigenvalue weighted by molar-refractivity contribution is -0.132. The van der Waals surface area contributed by atoms with Crippen LogP contribution in [0.2, 0.25) is 0 Å². The number of aliphatic hydroxyl groups is 1. The molecule has 2 aromatic rings. The van der Waals surface area contributed by atoms with Crippen LogP contribution in [0.25, 0.3) is 0 Å². The second-order valence-corrected chi connectivity index (χ2v) is 8.05.